The molecule has 0 saturated heterocycles. The quantitative estimate of drug-likeness (QED) is 0.188. The molecule has 1 N–H and O–H groups in total. The van der Waals surface area contributed by atoms with Crippen LogP contribution >= 0.6 is 34.3 Å². The van der Waals surface area contributed by atoms with Gasteiger partial charge in [-0.3, -0.25) is 0 Å². The smallest absolute Gasteiger partial charge is 0.145 e. The summed E-state index contributed by atoms with van der Waals surface area (Å²) in [5.74, 6) is 4.21. The third-order valence-corrected chi connectivity index (χ3v) is 8.81. The van der Waals surface area contributed by atoms with Gasteiger partial charge in [0, 0.05) is 25.5 Å². The van der Waals surface area contributed by atoms with Gasteiger partial charge in [-0.2, -0.15) is 0 Å². The second-order valence-corrected chi connectivity index (χ2v) is 11.7. The zero-order chi connectivity index (χ0) is 31.1. The van der Waals surface area contributed by atoms with Crippen molar-refractivity contribution in [3.05, 3.63) is 87.2 Å². The molecule has 0 fully saturated rings. The van der Waals surface area contributed by atoms with Gasteiger partial charge in [0.15, 0.2) is 0 Å². The van der Waals surface area contributed by atoms with Crippen molar-refractivity contribution in [3.63, 3.8) is 0 Å². The van der Waals surface area contributed by atoms with Crippen molar-refractivity contribution in [3.8, 4) is 11.5 Å². The Morgan fingerprint density at radius 1 is 0.698 bits per heavy atom. The molecule has 0 radical (unpaired) electrons. The van der Waals surface area contributed by atoms with E-state index in [2.05, 4.69) is 42.5 Å². The van der Waals surface area contributed by atoms with Gasteiger partial charge in [-0.15, -0.1) is 22.7 Å². The van der Waals surface area contributed by atoms with Gasteiger partial charge in [-0.1, -0.05) is 11.6 Å². The number of halogens is 1. The van der Waals surface area contributed by atoms with E-state index < -0.39 is 0 Å². The molecule has 224 valence electrons. The van der Waals surface area contributed by atoms with Crippen LogP contribution in [0.25, 0.3) is 20.4 Å². The lowest BCUT2D eigenvalue weighted by Crippen LogP contribution is -2.12. The van der Waals surface area contributed by atoms with E-state index in [0.29, 0.717) is 5.15 Å². The standard InChI is InChI=1S/C16H17N3OS.C8H7ClN2S.C8H11NO/c1-10-9-21-16-14(10)15(17-11(2)18-16)19(3)12-5-7-13(20-4)8-6-12;1-4-3-12-8-6(4)7(9)10-5(2)11-8;1-9-7-3-5-8(10-2)6-4-7/h5-9H,1-4H3;3H,1-2H3;3-6,9H,1-2H3. The zero-order valence-corrected chi connectivity index (χ0v) is 27.9. The number of aromatic nitrogens is 4. The highest BCUT2D eigenvalue weighted by Crippen LogP contribution is 2.34. The highest BCUT2D eigenvalue weighted by atomic mass is 35.5. The lowest BCUT2D eigenvalue weighted by molar-refractivity contribution is 0.414. The first-order chi connectivity index (χ1) is 20.6. The van der Waals surface area contributed by atoms with Crippen LogP contribution in [-0.2, 0) is 0 Å². The average molecular weight is 635 g/mol. The summed E-state index contributed by atoms with van der Waals surface area (Å²) in [6.07, 6.45) is 0. The highest BCUT2D eigenvalue weighted by molar-refractivity contribution is 7.17. The van der Waals surface area contributed by atoms with E-state index in [9.17, 15) is 0 Å². The first-order valence-corrected chi connectivity index (χ1v) is 15.6. The van der Waals surface area contributed by atoms with Crippen molar-refractivity contribution in [1.29, 1.82) is 0 Å². The Hall–Kier alpha value is -3.99. The molecule has 0 bridgehead atoms. The van der Waals surface area contributed by atoms with E-state index in [-0.39, 0.29) is 0 Å². The number of hydrogen-bond donors (Lipinski definition) is 1. The van der Waals surface area contributed by atoms with Gasteiger partial charge in [-0.25, -0.2) is 19.9 Å². The number of rotatable bonds is 5. The normalized spacial score (nSPS) is 10.4. The van der Waals surface area contributed by atoms with E-state index in [0.717, 1.165) is 66.3 Å². The van der Waals surface area contributed by atoms with Crippen LogP contribution in [0.4, 0.5) is 17.2 Å². The van der Waals surface area contributed by atoms with Crippen molar-refractivity contribution in [2.75, 3.05) is 38.5 Å². The Morgan fingerprint density at radius 3 is 1.72 bits per heavy atom. The number of methoxy groups -OCH3 is 2. The molecule has 11 heteroatoms. The molecule has 43 heavy (non-hydrogen) atoms. The molecular formula is C32H35ClN6O2S2. The summed E-state index contributed by atoms with van der Waals surface area (Å²) >= 11 is 9.23. The zero-order valence-electron chi connectivity index (χ0n) is 25.5. The van der Waals surface area contributed by atoms with Crippen LogP contribution in [0.5, 0.6) is 11.5 Å². The molecule has 0 aliphatic carbocycles. The number of thiophene rings is 2. The first-order valence-electron chi connectivity index (χ1n) is 13.4. The molecule has 4 heterocycles. The fraction of sp³-hybridized carbons (Fsp3) is 0.250. The maximum atomic E-state index is 5.96. The summed E-state index contributed by atoms with van der Waals surface area (Å²) in [6, 6.07) is 15.8. The minimum absolute atomic E-state index is 0.566. The average Bonchev–Trinajstić information content (AvgIpc) is 3.58. The lowest BCUT2D eigenvalue weighted by atomic mass is 10.2. The molecule has 0 aliphatic heterocycles. The number of nitrogens with one attached hydrogen (secondary N) is 1. The second kappa shape index (κ2) is 14.5. The Balaban J connectivity index is 0.000000163. The molecule has 0 spiro atoms. The van der Waals surface area contributed by atoms with E-state index >= 15 is 0 Å². The van der Waals surface area contributed by atoms with Crippen LogP contribution in [-0.4, -0.2) is 48.3 Å². The Kier molecular flexibility index (Phi) is 10.7. The van der Waals surface area contributed by atoms with Crippen LogP contribution in [0.2, 0.25) is 5.15 Å². The number of anilines is 3. The van der Waals surface area contributed by atoms with Gasteiger partial charge in [0.25, 0.3) is 0 Å². The van der Waals surface area contributed by atoms with Gasteiger partial charge in [0.1, 0.15) is 43.8 Å². The topological polar surface area (TPSA) is 85.3 Å². The molecule has 2 aromatic carbocycles. The molecular weight excluding hydrogens is 600 g/mol. The van der Waals surface area contributed by atoms with Gasteiger partial charge >= 0.3 is 0 Å². The SMILES string of the molecule is CNc1ccc(OC)cc1.COc1ccc(N(C)c2nc(C)nc3scc(C)c23)cc1.Cc1nc(Cl)c2c(C)csc2n1. The monoisotopic (exact) mass is 634 g/mol. The largest absolute Gasteiger partial charge is 0.497 e. The van der Waals surface area contributed by atoms with Gasteiger partial charge in [0.05, 0.1) is 25.0 Å². The van der Waals surface area contributed by atoms with Crippen molar-refractivity contribution in [2.24, 2.45) is 0 Å². The number of ether oxygens (including phenoxy) is 2. The summed E-state index contributed by atoms with van der Waals surface area (Å²) in [4.78, 5) is 21.6. The number of fused-ring (bicyclic) bond motifs is 2. The Morgan fingerprint density at radius 2 is 1.19 bits per heavy atom. The van der Waals surface area contributed by atoms with E-state index in [4.69, 9.17) is 21.1 Å². The highest BCUT2D eigenvalue weighted by Gasteiger charge is 2.15. The Labute approximate surface area is 265 Å². The van der Waals surface area contributed by atoms with Crippen LogP contribution < -0.4 is 19.7 Å². The molecule has 0 aliphatic rings. The van der Waals surface area contributed by atoms with Crippen LogP contribution in [0.15, 0.2) is 59.3 Å². The lowest BCUT2D eigenvalue weighted by Gasteiger charge is -2.20. The molecule has 6 aromatic rings. The predicted molar refractivity (Wildman–Crippen MR) is 182 cm³/mol. The summed E-state index contributed by atoms with van der Waals surface area (Å²) in [7, 11) is 7.25. The van der Waals surface area contributed by atoms with Gasteiger partial charge in [0.2, 0.25) is 0 Å². The van der Waals surface area contributed by atoms with Crippen molar-refractivity contribution < 1.29 is 9.47 Å². The van der Waals surface area contributed by atoms with E-state index in [1.807, 2.05) is 88.8 Å². The molecule has 4 aromatic heterocycles. The molecule has 0 saturated carbocycles. The summed E-state index contributed by atoms with van der Waals surface area (Å²) in [6.45, 7) is 7.90. The predicted octanol–water partition coefficient (Wildman–Crippen LogP) is 8.78. The third-order valence-electron chi connectivity index (χ3n) is 6.55. The van der Waals surface area contributed by atoms with Crippen molar-refractivity contribution in [2.45, 2.75) is 27.7 Å². The minimum atomic E-state index is 0.566. The van der Waals surface area contributed by atoms with Crippen LogP contribution in [0.1, 0.15) is 22.8 Å². The van der Waals surface area contributed by atoms with Crippen LogP contribution in [0.3, 0.4) is 0 Å². The number of aryl methyl sites for hydroxylation is 4. The molecule has 0 atom stereocenters. The first kappa shape index (κ1) is 31.9. The summed E-state index contributed by atoms with van der Waals surface area (Å²) in [5.41, 5.74) is 4.53. The molecule has 0 unspecified atom stereocenters. The fourth-order valence-electron chi connectivity index (χ4n) is 4.23. The number of hydrogen-bond acceptors (Lipinski definition) is 10. The van der Waals surface area contributed by atoms with Crippen molar-refractivity contribution >= 4 is 71.9 Å². The van der Waals surface area contributed by atoms with Crippen molar-refractivity contribution in [1.82, 2.24) is 19.9 Å². The maximum Gasteiger partial charge on any atom is 0.145 e. The molecule has 8 nitrogen and oxygen atoms in total. The van der Waals surface area contributed by atoms with E-state index in [1.165, 1.54) is 5.56 Å². The van der Waals surface area contributed by atoms with E-state index in [1.54, 1.807) is 36.9 Å². The fourth-order valence-corrected chi connectivity index (χ4v) is 6.57. The molecule has 6 rings (SSSR count). The number of nitrogens with zero attached hydrogens (tertiary/aromatic N) is 5. The Bertz CT molecular complexity index is 1780. The van der Waals surface area contributed by atoms with Crippen LogP contribution in [0, 0.1) is 27.7 Å². The summed E-state index contributed by atoms with van der Waals surface area (Å²) in [5, 5.41) is 9.89. The summed E-state index contributed by atoms with van der Waals surface area (Å²) < 4.78 is 10.2. The molecule has 0 amide bonds. The number of benzene rings is 2. The second-order valence-electron chi connectivity index (χ2n) is 9.59. The van der Waals surface area contributed by atoms with Gasteiger partial charge < -0.3 is 19.7 Å². The maximum absolute atomic E-state index is 5.96. The van der Waals surface area contributed by atoms with Gasteiger partial charge in [-0.05, 0) is 98.1 Å². The third kappa shape index (κ3) is 7.70. The minimum Gasteiger partial charge on any atom is -0.497 e.